The standard InChI is InChI=1S/C21H21F2N3O5S2/c1-12(2)26-33(28,29)18-10-13(8-9-17(18)30-3)19(27)25-21-24-15(11-32-21)14-6-4-5-7-16(14)31-20(22)23/h4-12,20,26H,1-3H3,(H,24,25,27). The average molecular weight is 498 g/mol. The van der Waals surface area contributed by atoms with Crippen LogP contribution in [0.3, 0.4) is 0 Å². The Hall–Kier alpha value is -3.09. The maximum atomic E-state index is 12.7. The molecule has 1 heterocycles. The second-order valence-electron chi connectivity index (χ2n) is 7.01. The number of rotatable bonds is 9. The van der Waals surface area contributed by atoms with Crippen LogP contribution in [0.5, 0.6) is 11.5 Å². The Balaban J connectivity index is 1.85. The highest BCUT2D eigenvalue weighted by atomic mass is 32.2. The van der Waals surface area contributed by atoms with Gasteiger partial charge in [-0.2, -0.15) is 8.78 Å². The van der Waals surface area contributed by atoms with Crippen LogP contribution in [0.25, 0.3) is 11.3 Å². The molecule has 0 aliphatic carbocycles. The predicted octanol–water partition coefficient (Wildman–Crippen LogP) is 4.36. The van der Waals surface area contributed by atoms with Crippen LogP contribution in [0.15, 0.2) is 52.7 Å². The minimum absolute atomic E-state index is 0.0432. The number of thiazole rings is 1. The van der Waals surface area contributed by atoms with Crippen molar-refractivity contribution in [2.45, 2.75) is 31.4 Å². The van der Waals surface area contributed by atoms with Crippen molar-refractivity contribution in [1.29, 1.82) is 0 Å². The SMILES string of the molecule is COc1ccc(C(=O)Nc2nc(-c3ccccc3OC(F)F)cs2)cc1S(=O)(=O)NC(C)C. The lowest BCUT2D eigenvalue weighted by molar-refractivity contribution is -0.0494. The molecule has 0 aliphatic rings. The Bertz CT molecular complexity index is 1250. The Morgan fingerprint density at radius 3 is 2.52 bits per heavy atom. The number of nitrogens with zero attached hydrogens (tertiary/aromatic N) is 1. The average Bonchev–Trinajstić information content (AvgIpc) is 3.20. The number of amides is 1. The summed E-state index contributed by atoms with van der Waals surface area (Å²) in [5.41, 5.74) is 0.746. The fourth-order valence-electron chi connectivity index (χ4n) is 2.90. The molecular formula is C21H21F2N3O5S2. The van der Waals surface area contributed by atoms with Gasteiger partial charge >= 0.3 is 6.61 Å². The summed E-state index contributed by atoms with van der Waals surface area (Å²) in [5.74, 6) is -0.554. The van der Waals surface area contributed by atoms with Crippen LogP contribution >= 0.6 is 11.3 Å². The number of alkyl halides is 2. The smallest absolute Gasteiger partial charge is 0.387 e. The van der Waals surface area contributed by atoms with Gasteiger partial charge in [-0.3, -0.25) is 10.1 Å². The highest BCUT2D eigenvalue weighted by Crippen LogP contribution is 2.33. The summed E-state index contributed by atoms with van der Waals surface area (Å²) < 4.78 is 62.7. The van der Waals surface area contributed by atoms with E-state index in [1.165, 1.54) is 31.4 Å². The fourth-order valence-corrected chi connectivity index (χ4v) is 5.05. The van der Waals surface area contributed by atoms with E-state index in [1.807, 2.05) is 0 Å². The number of halogens is 2. The summed E-state index contributed by atoms with van der Waals surface area (Å²) in [6, 6.07) is 9.82. The van der Waals surface area contributed by atoms with Crippen LogP contribution < -0.4 is 19.5 Å². The van der Waals surface area contributed by atoms with Gasteiger partial charge in [-0.25, -0.2) is 18.1 Å². The lowest BCUT2D eigenvalue weighted by atomic mass is 10.1. The van der Waals surface area contributed by atoms with E-state index in [0.717, 1.165) is 11.3 Å². The summed E-state index contributed by atoms with van der Waals surface area (Å²) in [5, 5.41) is 4.37. The second-order valence-corrected chi connectivity index (χ2v) is 9.55. The third-order valence-electron chi connectivity index (χ3n) is 4.21. The zero-order chi connectivity index (χ0) is 24.2. The minimum atomic E-state index is -3.92. The van der Waals surface area contributed by atoms with E-state index < -0.39 is 22.5 Å². The topological polar surface area (TPSA) is 107 Å². The van der Waals surface area contributed by atoms with Crippen LogP contribution in [0, 0.1) is 0 Å². The highest BCUT2D eigenvalue weighted by Gasteiger charge is 2.23. The first-order valence-corrected chi connectivity index (χ1v) is 12.0. The zero-order valence-corrected chi connectivity index (χ0v) is 19.5. The summed E-state index contributed by atoms with van der Waals surface area (Å²) in [6.45, 7) is 0.352. The number of anilines is 1. The molecule has 3 aromatic rings. The Morgan fingerprint density at radius 1 is 1.12 bits per heavy atom. The van der Waals surface area contributed by atoms with E-state index in [-0.39, 0.29) is 33.1 Å². The third kappa shape index (κ3) is 6.03. The van der Waals surface area contributed by atoms with Gasteiger partial charge in [-0.15, -0.1) is 11.3 Å². The number of methoxy groups -OCH3 is 1. The molecule has 2 aromatic carbocycles. The number of ether oxygens (including phenoxy) is 2. The second kappa shape index (κ2) is 10.2. The molecule has 0 atom stereocenters. The molecule has 8 nitrogen and oxygen atoms in total. The van der Waals surface area contributed by atoms with Crippen molar-refractivity contribution in [3.63, 3.8) is 0 Å². The van der Waals surface area contributed by atoms with Crippen LogP contribution in [-0.2, 0) is 10.0 Å². The number of nitrogens with one attached hydrogen (secondary N) is 2. The van der Waals surface area contributed by atoms with Crippen LogP contribution in [0.1, 0.15) is 24.2 Å². The van der Waals surface area contributed by atoms with E-state index >= 15 is 0 Å². The van der Waals surface area contributed by atoms with E-state index in [2.05, 4.69) is 19.8 Å². The van der Waals surface area contributed by atoms with Crippen molar-refractivity contribution in [3.8, 4) is 22.8 Å². The largest absolute Gasteiger partial charge is 0.495 e. The summed E-state index contributed by atoms with van der Waals surface area (Å²) >= 11 is 1.08. The van der Waals surface area contributed by atoms with E-state index in [4.69, 9.17) is 4.74 Å². The van der Waals surface area contributed by atoms with E-state index in [0.29, 0.717) is 11.3 Å². The summed E-state index contributed by atoms with van der Waals surface area (Å²) in [7, 11) is -2.59. The number of carbonyl (C=O) groups excluding carboxylic acids is 1. The lowest BCUT2D eigenvalue weighted by Crippen LogP contribution is -2.30. The monoisotopic (exact) mass is 497 g/mol. The maximum Gasteiger partial charge on any atom is 0.387 e. The molecule has 33 heavy (non-hydrogen) atoms. The van der Waals surface area contributed by atoms with Gasteiger partial charge in [0.25, 0.3) is 5.91 Å². The van der Waals surface area contributed by atoms with Crippen molar-refractivity contribution >= 4 is 32.4 Å². The molecule has 176 valence electrons. The first-order valence-electron chi connectivity index (χ1n) is 9.62. The molecular weight excluding hydrogens is 476 g/mol. The Labute approximate surface area is 193 Å². The lowest BCUT2D eigenvalue weighted by Gasteiger charge is -2.14. The van der Waals surface area contributed by atoms with Gasteiger partial charge in [-0.05, 0) is 44.2 Å². The zero-order valence-electron chi connectivity index (χ0n) is 17.8. The molecule has 0 radical (unpaired) electrons. The number of hydrogen-bond acceptors (Lipinski definition) is 7. The first-order chi connectivity index (χ1) is 15.6. The molecule has 2 N–H and O–H groups in total. The van der Waals surface area contributed by atoms with E-state index in [9.17, 15) is 22.0 Å². The number of carbonyl (C=O) groups is 1. The number of aromatic nitrogens is 1. The molecule has 0 saturated carbocycles. The van der Waals surface area contributed by atoms with Crippen molar-refractivity contribution in [1.82, 2.24) is 9.71 Å². The van der Waals surface area contributed by atoms with Gasteiger partial charge in [0.1, 0.15) is 16.4 Å². The van der Waals surface area contributed by atoms with Gasteiger partial charge in [-0.1, -0.05) is 12.1 Å². The molecule has 0 aliphatic heterocycles. The van der Waals surface area contributed by atoms with Crippen LogP contribution in [0.4, 0.5) is 13.9 Å². The Morgan fingerprint density at radius 2 is 1.85 bits per heavy atom. The molecule has 1 aromatic heterocycles. The van der Waals surface area contributed by atoms with Gasteiger partial charge in [0.05, 0.1) is 12.8 Å². The molecule has 0 bridgehead atoms. The normalized spacial score (nSPS) is 11.6. The maximum absolute atomic E-state index is 12.7. The highest BCUT2D eigenvalue weighted by molar-refractivity contribution is 7.89. The number of para-hydroxylation sites is 1. The van der Waals surface area contributed by atoms with Crippen molar-refractivity contribution in [2.24, 2.45) is 0 Å². The molecule has 0 unspecified atom stereocenters. The molecule has 12 heteroatoms. The predicted molar refractivity (Wildman–Crippen MR) is 121 cm³/mol. The van der Waals surface area contributed by atoms with Crippen LogP contribution in [-0.4, -0.2) is 39.1 Å². The third-order valence-corrected chi connectivity index (χ3v) is 6.65. The van der Waals surface area contributed by atoms with E-state index in [1.54, 1.807) is 37.4 Å². The molecule has 0 fully saturated rings. The number of benzene rings is 2. The summed E-state index contributed by atoms with van der Waals surface area (Å²) in [6.07, 6.45) is 0. The van der Waals surface area contributed by atoms with Crippen molar-refractivity contribution < 1.29 is 31.5 Å². The van der Waals surface area contributed by atoms with Crippen LogP contribution in [0.2, 0.25) is 0 Å². The van der Waals surface area contributed by atoms with Crippen molar-refractivity contribution in [3.05, 3.63) is 53.4 Å². The van der Waals surface area contributed by atoms with Crippen molar-refractivity contribution in [2.75, 3.05) is 12.4 Å². The van der Waals surface area contributed by atoms with Gasteiger partial charge in [0, 0.05) is 22.5 Å². The van der Waals surface area contributed by atoms with Gasteiger partial charge in [0.2, 0.25) is 10.0 Å². The minimum Gasteiger partial charge on any atom is -0.495 e. The molecule has 1 amide bonds. The fraction of sp³-hybridized carbons (Fsp3) is 0.238. The molecule has 0 saturated heterocycles. The number of hydrogen-bond donors (Lipinski definition) is 2. The Kier molecular flexibility index (Phi) is 7.61. The molecule has 3 rings (SSSR count). The van der Waals surface area contributed by atoms with Gasteiger partial charge in [0.15, 0.2) is 5.13 Å². The van der Waals surface area contributed by atoms with Gasteiger partial charge < -0.3 is 9.47 Å². The summed E-state index contributed by atoms with van der Waals surface area (Å²) in [4.78, 5) is 16.8. The first kappa shape index (κ1) is 24.6. The molecule has 0 spiro atoms. The number of sulfonamides is 1. The quantitative estimate of drug-likeness (QED) is 0.455.